The van der Waals surface area contributed by atoms with Crippen molar-refractivity contribution in [2.24, 2.45) is 0 Å². The van der Waals surface area contributed by atoms with E-state index in [1.807, 2.05) is 0 Å². The van der Waals surface area contributed by atoms with Crippen LogP contribution in [0.1, 0.15) is 11.4 Å². The summed E-state index contributed by atoms with van der Waals surface area (Å²) in [5.74, 6) is -0.275. The van der Waals surface area contributed by atoms with Crippen LogP contribution in [0.2, 0.25) is 0 Å². The molecule has 0 aliphatic heterocycles. The zero-order chi connectivity index (χ0) is 19.6. The van der Waals surface area contributed by atoms with Gasteiger partial charge in [-0.25, -0.2) is 17.5 Å². The second kappa shape index (κ2) is 7.17. The number of aryl methyl sites for hydroxylation is 1. The first-order chi connectivity index (χ1) is 12.8. The minimum atomic E-state index is -4.05. The van der Waals surface area contributed by atoms with Crippen LogP contribution in [0.15, 0.2) is 47.4 Å². The maximum absolute atomic E-state index is 13.0. The summed E-state index contributed by atoms with van der Waals surface area (Å²) in [6.07, 6.45) is 0. The van der Waals surface area contributed by atoms with Gasteiger partial charge in [-0.2, -0.15) is 4.68 Å². The zero-order valence-electron chi connectivity index (χ0n) is 13.9. The minimum Gasteiger partial charge on any atom is -0.258 e. The third-order valence-electron chi connectivity index (χ3n) is 3.70. The molecule has 0 saturated heterocycles. The summed E-state index contributed by atoms with van der Waals surface area (Å²) in [7, 11) is -4.05. The second-order valence-electron chi connectivity index (χ2n) is 5.51. The van der Waals surface area contributed by atoms with Gasteiger partial charge in [-0.15, -0.1) is 5.10 Å². The number of sulfonamides is 1. The molecule has 12 heteroatoms. The molecule has 0 saturated carbocycles. The number of nitrogens with zero attached hydrogens (tertiary/aromatic N) is 5. The number of hydrogen-bond acceptors (Lipinski definition) is 7. The maximum Gasteiger partial charge on any atom is 0.270 e. The highest BCUT2D eigenvalue weighted by Gasteiger charge is 2.21. The third kappa shape index (κ3) is 3.96. The summed E-state index contributed by atoms with van der Waals surface area (Å²) < 4.78 is 41.7. The van der Waals surface area contributed by atoms with E-state index in [0.717, 1.165) is 6.07 Å². The largest absolute Gasteiger partial charge is 0.270 e. The van der Waals surface area contributed by atoms with Gasteiger partial charge in [-0.05, 0) is 47.2 Å². The fourth-order valence-electron chi connectivity index (χ4n) is 2.33. The average Bonchev–Trinajstić information content (AvgIpc) is 3.09. The number of nitrogens with one attached hydrogen (secondary N) is 1. The molecule has 27 heavy (non-hydrogen) atoms. The Labute approximate surface area is 152 Å². The van der Waals surface area contributed by atoms with Crippen molar-refractivity contribution < 1.29 is 17.7 Å². The van der Waals surface area contributed by atoms with Crippen molar-refractivity contribution in [1.29, 1.82) is 0 Å². The van der Waals surface area contributed by atoms with Crippen molar-refractivity contribution in [1.82, 2.24) is 24.9 Å². The normalized spacial score (nSPS) is 11.5. The van der Waals surface area contributed by atoms with Crippen LogP contribution in [0.25, 0.3) is 5.69 Å². The molecule has 0 aliphatic rings. The molecule has 1 N–H and O–H groups in total. The molecule has 140 valence electrons. The van der Waals surface area contributed by atoms with Gasteiger partial charge in [0.15, 0.2) is 5.82 Å². The van der Waals surface area contributed by atoms with Crippen LogP contribution in [0.3, 0.4) is 0 Å². The van der Waals surface area contributed by atoms with E-state index >= 15 is 0 Å². The highest BCUT2D eigenvalue weighted by molar-refractivity contribution is 7.89. The minimum absolute atomic E-state index is 0.160. The van der Waals surface area contributed by atoms with E-state index in [1.165, 1.54) is 48.0 Å². The maximum atomic E-state index is 13.0. The lowest BCUT2D eigenvalue weighted by Gasteiger charge is -2.09. The van der Waals surface area contributed by atoms with Gasteiger partial charge in [-0.1, -0.05) is 6.07 Å². The molecule has 0 unspecified atom stereocenters. The van der Waals surface area contributed by atoms with Crippen LogP contribution in [0.5, 0.6) is 0 Å². The third-order valence-corrected chi connectivity index (χ3v) is 5.24. The van der Waals surface area contributed by atoms with Gasteiger partial charge < -0.3 is 0 Å². The Morgan fingerprint density at radius 3 is 2.59 bits per heavy atom. The molecule has 0 atom stereocenters. The second-order valence-corrected chi connectivity index (χ2v) is 7.25. The number of non-ortho nitro benzene ring substituents is 1. The van der Waals surface area contributed by atoms with Crippen molar-refractivity contribution in [3.8, 4) is 5.69 Å². The van der Waals surface area contributed by atoms with Crippen LogP contribution >= 0.6 is 0 Å². The predicted molar refractivity (Wildman–Crippen MR) is 91.0 cm³/mol. The van der Waals surface area contributed by atoms with Gasteiger partial charge in [0.1, 0.15) is 5.82 Å². The Kier molecular flexibility index (Phi) is 4.92. The van der Waals surface area contributed by atoms with Crippen LogP contribution in [0.4, 0.5) is 10.1 Å². The number of benzene rings is 2. The number of tetrazole rings is 1. The van der Waals surface area contributed by atoms with Crippen molar-refractivity contribution in [3.63, 3.8) is 0 Å². The summed E-state index contributed by atoms with van der Waals surface area (Å²) in [5, 5.41) is 21.9. The number of aromatic nitrogens is 4. The number of halogens is 1. The molecule has 10 nitrogen and oxygen atoms in total. The Hall–Kier alpha value is -3.25. The van der Waals surface area contributed by atoms with E-state index in [4.69, 9.17) is 0 Å². The van der Waals surface area contributed by atoms with Crippen molar-refractivity contribution >= 4 is 15.7 Å². The Bertz CT molecular complexity index is 1100. The lowest BCUT2D eigenvalue weighted by atomic mass is 10.2. The van der Waals surface area contributed by atoms with Crippen LogP contribution in [-0.4, -0.2) is 33.5 Å². The fourth-order valence-corrected chi connectivity index (χ4v) is 3.57. The summed E-state index contributed by atoms with van der Waals surface area (Å²) in [6.45, 7) is 1.26. The lowest BCUT2D eigenvalue weighted by Crippen LogP contribution is -2.25. The Morgan fingerprint density at radius 1 is 1.22 bits per heavy atom. The molecule has 0 spiro atoms. The first-order valence-electron chi connectivity index (χ1n) is 7.56. The molecule has 0 aliphatic carbocycles. The Balaban J connectivity index is 1.85. The van der Waals surface area contributed by atoms with Gasteiger partial charge in [-0.3, -0.25) is 10.1 Å². The van der Waals surface area contributed by atoms with Gasteiger partial charge in [0, 0.05) is 12.1 Å². The van der Waals surface area contributed by atoms with Crippen molar-refractivity contribution in [2.75, 3.05) is 0 Å². The van der Waals surface area contributed by atoms with E-state index in [2.05, 4.69) is 20.2 Å². The molecule has 3 rings (SSSR count). The average molecular weight is 392 g/mol. The van der Waals surface area contributed by atoms with Crippen molar-refractivity contribution in [3.05, 3.63) is 69.8 Å². The molecule has 0 radical (unpaired) electrons. The lowest BCUT2D eigenvalue weighted by molar-refractivity contribution is -0.385. The van der Waals surface area contributed by atoms with E-state index in [-0.39, 0.29) is 23.0 Å². The van der Waals surface area contributed by atoms with E-state index in [0.29, 0.717) is 11.3 Å². The Morgan fingerprint density at radius 2 is 1.93 bits per heavy atom. The molecule has 0 amide bonds. The molecule has 1 heterocycles. The molecule has 3 aromatic rings. The summed E-state index contributed by atoms with van der Waals surface area (Å²) >= 11 is 0. The quantitative estimate of drug-likeness (QED) is 0.496. The van der Waals surface area contributed by atoms with Gasteiger partial charge in [0.25, 0.3) is 5.69 Å². The van der Waals surface area contributed by atoms with Crippen LogP contribution < -0.4 is 4.72 Å². The SMILES string of the molecule is Cc1ccc([N+](=O)[O-])cc1S(=O)(=O)NCc1nnnn1-c1ccc(F)cc1. The van der Waals surface area contributed by atoms with Crippen LogP contribution in [0, 0.1) is 22.9 Å². The molecular weight excluding hydrogens is 379 g/mol. The fraction of sp³-hybridized carbons (Fsp3) is 0.133. The molecule has 0 bridgehead atoms. The predicted octanol–water partition coefficient (Wildman–Crippen LogP) is 1.50. The summed E-state index contributed by atoms with van der Waals surface area (Å²) in [4.78, 5) is 10.0. The number of nitro groups is 1. The monoisotopic (exact) mass is 392 g/mol. The van der Waals surface area contributed by atoms with Gasteiger partial charge >= 0.3 is 0 Å². The number of rotatable bonds is 6. The number of hydrogen-bond donors (Lipinski definition) is 1. The topological polar surface area (TPSA) is 133 Å². The van der Waals surface area contributed by atoms with Gasteiger partial charge in [0.2, 0.25) is 10.0 Å². The van der Waals surface area contributed by atoms with E-state index in [1.54, 1.807) is 0 Å². The zero-order valence-corrected chi connectivity index (χ0v) is 14.7. The van der Waals surface area contributed by atoms with Crippen molar-refractivity contribution in [2.45, 2.75) is 18.4 Å². The smallest absolute Gasteiger partial charge is 0.258 e. The molecule has 2 aromatic carbocycles. The molecule has 1 aromatic heterocycles. The summed E-state index contributed by atoms with van der Waals surface area (Å²) in [6, 6.07) is 8.89. The first kappa shape index (κ1) is 18.5. The van der Waals surface area contributed by atoms with E-state index in [9.17, 15) is 22.9 Å². The van der Waals surface area contributed by atoms with Gasteiger partial charge in [0.05, 0.1) is 22.1 Å². The van der Waals surface area contributed by atoms with Crippen LogP contribution in [-0.2, 0) is 16.6 Å². The number of nitro benzene ring substituents is 1. The first-order valence-corrected chi connectivity index (χ1v) is 9.04. The standard InChI is InChI=1S/C15H13FN6O4S/c1-10-2-5-13(22(23)24)8-14(10)27(25,26)17-9-15-18-19-20-21(15)12-6-3-11(16)4-7-12/h2-8,17H,9H2,1H3. The summed E-state index contributed by atoms with van der Waals surface area (Å²) in [5.41, 5.74) is 0.463. The highest BCUT2D eigenvalue weighted by Crippen LogP contribution is 2.21. The molecule has 0 fully saturated rings. The molecular formula is C15H13FN6O4S. The highest BCUT2D eigenvalue weighted by atomic mass is 32.2. The van der Waals surface area contributed by atoms with E-state index < -0.39 is 20.8 Å².